The summed E-state index contributed by atoms with van der Waals surface area (Å²) in [7, 11) is 0. The molecule has 0 amide bonds. The summed E-state index contributed by atoms with van der Waals surface area (Å²) >= 11 is 0. The predicted octanol–water partition coefficient (Wildman–Crippen LogP) is 2.89. The van der Waals surface area contributed by atoms with Gasteiger partial charge in [0.2, 0.25) is 0 Å². The number of nitrogens with one attached hydrogen (secondary N) is 1. The number of nitrogens with zero attached hydrogens (tertiary/aromatic N) is 2. The van der Waals surface area contributed by atoms with Crippen LogP contribution in [0.25, 0.3) is 0 Å². The minimum Gasteiger partial charge on any atom is -0.492 e. The van der Waals surface area contributed by atoms with Crippen LogP contribution in [0.4, 0.5) is 5.69 Å². The number of benzene rings is 2. The Morgan fingerprint density at radius 2 is 2.00 bits per heavy atom. The molecule has 1 aliphatic rings. The first kappa shape index (κ1) is 20.2. The number of aliphatic imine (C=N–C) groups is 1. The van der Waals surface area contributed by atoms with Gasteiger partial charge in [-0.05, 0) is 30.2 Å². The fourth-order valence-electron chi connectivity index (χ4n) is 3.11. The summed E-state index contributed by atoms with van der Waals surface area (Å²) in [4.78, 5) is 6.84. The lowest BCUT2D eigenvalue weighted by atomic mass is 10.1. The Kier molecular flexibility index (Phi) is 7.70. The molecule has 1 heterocycles. The minimum absolute atomic E-state index is 0.399. The van der Waals surface area contributed by atoms with E-state index in [0.29, 0.717) is 19.1 Å². The average molecular weight is 383 g/mol. The van der Waals surface area contributed by atoms with E-state index in [-0.39, 0.29) is 0 Å². The molecule has 3 rings (SSSR count). The summed E-state index contributed by atoms with van der Waals surface area (Å²) in [5, 5.41) is 3.16. The molecule has 0 spiro atoms. The SMILES string of the molecule is CCc1cccc(NC(N)=NCc2ccccc2OCCN2CCOCC2)c1. The van der Waals surface area contributed by atoms with Crippen LogP contribution in [0.1, 0.15) is 18.1 Å². The van der Waals surface area contributed by atoms with Gasteiger partial charge in [-0.25, -0.2) is 4.99 Å². The third kappa shape index (κ3) is 6.25. The van der Waals surface area contributed by atoms with Crippen molar-refractivity contribution >= 4 is 11.6 Å². The average Bonchev–Trinajstić information content (AvgIpc) is 2.74. The largest absolute Gasteiger partial charge is 0.492 e. The number of nitrogens with two attached hydrogens (primary N) is 1. The van der Waals surface area contributed by atoms with Gasteiger partial charge in [0.15, 0.2) is 5.96 Å². The van der Waals surface area contributed by atoms with Crippen LogP contribution >= 0.6 is 0 Å². The van der Waals surface area contributed by atoms with E-state index in [1.807, 2.05) is 36.4 Å². The lowest BCUT2D eigenvalue weighted by molar-refractivity contribution is 0.0322. The molecule has 2 aromatic rings. The zero-order chi connectivity index (χ0) is 19.6. The molecule has 3 N–H and O–H groups in total. The second-order valence-electron chi connectivity index (χ2n) is 6.79. The van der Waals surface area contributed by atoms with Crippen molar-refractivity contribution in [1.82, 2.24) is 4.90 Å². The third-order valence-corrected chi connectivity index (χ3v) is 4.77. The molecule has 150 valence electrons. The summed E-state index contributed by atoms with van der Waals surface area (Å²) in [6.45, 7) is 7.70. The number of para-hydroxylation sites is 1. The molecular formula is C22H30N4O2. The number of hydrogen-bond acceptors (Lipinski definition) is 4. The van der Waals surface area contributed by atoms with E-state index >= 15 is 0 Å². The Morgan fingerprint density at radius 3 is 2.82 bits per heavy atom. The predicted molar refractivity (Wildman–Crippen MR) is 114 cm³/mol. The number of aryl methyl sites for hydroxylation is 1. The monoisotopic (exact) mass is 382 g/mol. The summed E-state index contributed by atoms with van der Waals surface area (Å²) in [5.41, 5.74) is 9.31. The minimum atomic E-state index is 0.399. The normalized spacial score (nSPS) is 15.4. The molecule has 0 atom stereocenters. The van der Waals surface area contributed by atoms with E-state index in [1.54, 1.807) is 0 Å². The third-order valence-electron chi connectivity index (χ3n) is 4.77. The summed E-state index contributed by atoms with van der Waals surface area (Å²) in [6, 6.07) is 16.2. The maximum absolute atomic E-state index is 6.07. The van der Waals surface area contributed by atoms with Crippen molar-refractivity contribution in [2.24, 2.45) is 10.7 Å². The molecule has 6 heteroatoms. The molecule has 0 unspecified atom stereocenters. The number of rotatable bonds is 8. The van der Waals surface area contributed by atoms with Crippen molar-refractivity contribution in [3.63, 3.8) is 0 Å². The standard InChI is InChI=1S/C22H30N4O2/c1-2-18-6-5-8-20(16-18)25-22(23)24-17-19-7-3-4-9-21(19)28-15-12-26-10-13-27-14-11-26/h3-9,16H,2,10-15,17H2,1H3,(H3,23,24,25). The van der Waals surface area contributed by atoms with E-state index in [0.717, 1.165) is 56.3 Å². The molecule has 2 aromatic carbocycles. The summed E-state index contributed by atoms with van der Waals surface area (Å²) in [6.07, 6.45) is 0.988. The molecule has 0 saturated carbocycles. The van der Waals surface area contributed by atoms with Crippen LogP contribution in [-0.2, 0) is 17.7 Å². The van der Waals surface area contributed by atoms with Crippen molar-refractivity contribution in [3.8, 4) is 5.75 Å². The Hall–Kier alpha value is -2.57. The second kappa shape index (κ2) is 10.7. The van der Waals surface area contributed by atoms with Crippen molar-refractivity contribution in [2.45, 2.75) is 19.9 Å². The number of ether oxygens (including phenoxy) is 2. The van der Waals surface area contributed by atoms with E-state index in [1.165, 1.54) is 5.56 Å². The van der Waals surface area contributed by atoms with Crippen molar-refractivity contribution in [1.29, 1.82) is 0 Å². The highest BCUT2D eigenvalue weighted by molar-refractivity contribution is 5.92. The summed E-state index contributed by atoms with van der Waals surface area (Å²) < 4.78 is 11.4. The lowest BCUT2D eigenvalue weighted by Gasteiger charge is -2.26. The van der Waals surface area contributed by atoms with Gasteiger partial charge in [-0.3, -0.25) is 4.90 Å². The van der Waals surface area contributed by atoms with Gasteiger partial charge in [-0.2, -0.15) is 0 Å². The smallest absolute Gasteiger partial charge is 0.193 e. The van der Waals surface area contributed by atoms with E-state index < -0.39 is 0 Å². The molecule has 28 heavy (non-hydrogen) atoms. The second-order valence-corrected chi connectivity index (χ2v) is 6.79. The quantitative estimate of drug-likeness (QED) is 0.543. The van der Waals surface area contributed by atoms with E-state index in [9.17, 15) is 0 Å². The van der Waals surface area contributed by atoms with Gasteiger partial charge < -0.3 is 20.5 Å². The Labute approximate surface area is 167 Å². The highest BCUT2D eigenvalue weighted by Gasteiger charge is 2.10. The van der Waals surface area contributed by atoms with Gasteiger partial charge in [-0.1, -0.05) is 37.3 Å². The Bertz CT molecular complexity index is 773. The topological polar surface area (TPSA) is 72.1 Å². The first-order valence-electron chi connectivity index (χ1n) is 9.91. The number of morpholine rings is 1. The molecule has 6 nitrogen and oxygen atoms in total. The maximum atomic E-state index is 6.07. The first-order chi connectivity index (χ1) is 13.7. The van der Waals surface area contributed by atoms with E-state index in [2.05, 4.69) is 34.3 Å². The van der Waals surface area contributed by atoms with Crippen molar-refractivity contribution in [3.05, 3.63) is 59.7 Å². The molecule has 0 bridgehead atoms. The van der Waals surface area contributed by atoms with Crippen LogP contribution in [-0.4, -0.2) is 50.3 Å². The van der Waals surface area contributed by atoms with Gasteiger partial charge >= 0.3 is 0 Å². The molecule has 1 fully saturated rings. The number of anilines is 1. The highest BCUT2D eigenvalue weighted by atomic mass is 16.5. The van der Waals surface area contributed by atoms with Crippen LogP contribution in [0, 0.1) is 0 Å². The fraction of sp³-hybridized carbons (Fsp3) is 0.409. The van der Waals surface area contributed by atoms with Crippen LogP contribution in [0.3, 0.4) is 0 Å². The lowest BCUT2D eigenvalue weighted by Crippen LogP contribution is -2.38. The molecule has 0 radical (unpaired) electrons. The Balaban J connectivity index is 1.53. The van der Waals surface area contributed by atoms with E-state index in [4.69, 9.17) is 15.2 Å². The van der Waals surface area contributed by atoms with Gasteiger partial charge in [-0.15, -0.1) is 0 Å². The molecule has 0 aliphatic carbocycles. The zero-order valence-corrected chi connectivity index (χ0v) is 16.6. The van der Waals surface area contributed by atoms with Crippen LogP contribution < -0.4 is 15.8 Å². The molecular weight excluding hydrogens is 352 g/mol. The first-order valence-corrected chi connectivity index (χ1v) is 9.91. The van der Waals surface area contributed by atoms with Crippen molar-refractivity contribution < 1.29 is 9.47 Å². The van der Waals surface area contributed by atoms with Gasteiger partial charge in [0.25, 0.3) is 0 Å². The number of guanidine groups is 1. The van der Waals surface area contributed by atoms with Crippen LogP contribution in [0.2, 0.25) is 0 Å². The van der Waals surface area contributed by atoms with Gasteiger partial charge in [0.1, 0.15) is 12.4 Å². The fourth-order valence-corrected chi connectivity index (χ4v) is 3.11. The van der Waals surface area contributed by atoms with Gasteiger partial charge in [0.05, 0.1) is 19.8 Å². The van der Waals surface area contributed by atoms with Crippen LogP contribution in [0.5, 0.6) is 5.75 Å². The maximum Gasteiger partial charge on any atom is 0.193 e. The molecule has 0 aromatic heterocycles. The Morgan fingerprint density at radius 1 is 1.18 bits per heavy atom. The highest BCUT2D eigenvalue weighted by Crippen LogP contribution is 2.19. The van der Waals surface area contributed by atoms with Crippen LogP contribution in [0.15, 0.2) is 53.5 Å². The number of hydrogen-bond donors (Lipinski definition) is 2. The van der Waals surface area contributed by atoms with Crippen molar-refractivity contribution in [2.75, 3.05) is 44.8 Å². The molecule has 1 aliphatic heterocycles. The van der Waals surface area contributed by atoms with Gasteiger partial charge in [0, 0.05) is 30.9 Å². The zero-order valence-electron chi connectivity index (χ0n) is 16.6. The summed E-state index contributed by atoms with van der Waals surface area (Å²) in [5.74, 6) is 1.26. The molecule has 1 saturated heterocycles.